The first kappa shape index (κ1) is 14.6. The molecule has 0 aliphatic carbocycles. The van der Waals surface area contributed by atoms with Gasteiger partial charge in [0.2, 0.25) is 0 Å². The van der Waals surface area contributed by atoms with Gasteiger partial charge in [-0.1, -0.05) is 29.3 Å². The number of nitrogens with one attached hydrogen (secondary N) is 1. The standard InChI is InChI=1S/C12H7Cl2N3O2S/c13-11-5-10(7-16-12(11)14)20(18,19)17-9-3-1-2-8(4-9)6-15/h1-5,7,17H. The van der Waals surface area contributed by atoms with E-state index < -0.39 is 10.0 Å². The highest BCUT2D eigenvalue weighted by Crippen LogP contribution is 2.23. The Labute approximate surface area is 125 Å². The first-order valence-corrected chi connectivity index (χ1v) is 7.50. The Morgan fingerprint density at radius 2 is 2.00 bits per heavy atom. The molecule has 20 heavy (non-hydrogen) atoms. The number of benzene rings is 1. The van der Waals surface area contributed by atoms with Gasteiger partial charge in [0, 0.05) is 6.20 Å². The van der Waals surface area contributed by atoms with Crippen LogP contribution in [-0.4, -0.2) is 13.4 Å². The average molecular weight is 328 g/mol. The maximum Gasteiger partial charge on any atom is 0.263 e. The summed E-state index contributed by atoms with van der Waals surface area (Å²) in [5, 5.41) is 8.84. The first-order valence-electron chi connectivity index (χ1n) is 5.26. The van der Waals surface area contributed by atoms with Crippen LogP contribution in [0.15, 0.2) is 41.4 Å². The van der Waals surface area contributed by atoms with Crippen molar-refractivity contribution in [2.75, 3.05) is 4.72 Å². The van der Waals surface area contributed by atoms with Gasteiger partial charge in [-0.2, -0.15) is 5.26 Å². The van der Waals surface area contributed by atoms with Gasteiger partial charge in [0.15, 0.2) is 0 Å². The van der Waals surface area contributed by atoms with Crippen molar-refractivity contribution < 1.29 is 8.42 Å². The van der Waals surface area contributed by atoms with Crippen LogP contribution in [0.25, 0.3) is 0 Å². The maximum atomic E-state index is 12.1. The lowest BCUT2D eigenvalue weighted by Gasteiger charge is -2.08. The van der Waals surface area contributed by atoms with Crippen LogP contribution in [0.5, 0.6) is 0 Å². The molecule has 1 heterocycles. The SMILES string of the molecule is N#Cc1cccc(NS(=O)(=O)c2cnc(Cl)c(Cl)c2)c1. The second-order valence-electron chi connectivity index (χ2n) is 3.74. The van der Waals surface area contributed by atoms with E-state index in [2.05, 4.69) is 9.71 Å². The molecule has 0 amide bonds. The summed E-state index contributed by atoms with van der Waals surface area (Å²) in [5.41, 5.74) is 0.618. The second kappa shape index (κ2) is 5.67. The number of anilines is 1. The smallest absolute Gasteiger partial charge is 0.263 e. The number of hydrogen-bond acceptors (Lipinski definition) is 4. The number of halogens is 2. The van der Waals surface area contributed by atoms with Gasteiger partial charge in [0.1, 0.15) is 10.0 Å². The monoisotopic (exact) mass is 327 g/mol. The largest absolute Gasteiger partial charge is 0.280 e. The van der Waals surface area contributed by atoms with Crippen LogP contribution in [0.3, 0.4) is 0 Å². The van der Waals surface area contributed by atoms with Crippen molar-refractivity contribution in [3.05, 3.63) is 52.3 Å². The van der Waals surface area contributed by atoms with E-state index in [1.54, 1.807) is 12.1 Å². The normalized spacial score (nSPS) is 10.8. The van der Waals surface area contributed by atoms with E-state index in [-0.39, 0.29) is 20.8 Å². The molecule has 0 saturated carbocycles. The van der Waals surface area contributed by atoms with Gasteiger partial charge in [-0.3, -0.25) is 4.72 Å². The molecule has 0 aliphatic rings. The van der Waals surface area contributed by atoms with Crippen LogP contribution in [0.1, 0.15) is 5.56 Å². The fourth-order valence-electron chi connectivity index (χ4n) is 1.42. The van der Waals surface area contributed by atoms with Crippen molar-refractivity contribution in [3.8, 4) is 6.07 Å². The van der Waals surface area contributed by atoms with Crippen molar-refractivity contribution in [1.82, 2.24) is 4.98 Å². The predicted octanol–water partition coefficient (Wildman–Crippen LogP) is 3.06. The third-order valence-corrected chi connectivity index (χ3v) is 4.36. The highest BCUT2D eigenvalue weighted by atomic mass is 35.5. The highest BCUT2D eigenvalue weighted by molar-refractivity contribution is 7.92. The molecule has 0 fully saturated rings. The molecule has 0 saturated heterocycles. The van der Waals surface area contributed by atoms with Crippen LogP contribution in [0, 0.1) is 11.3 Å². The Balaban J connectivity index is 2.35. The fraction of sp³-hybridized carbons (Fsp3) is 0. The molecule has 2 rings (SSSR count). The number of nitriles is 1. The molecule has 2 aromatic rings. The minimum atomic E-state index is -3.84. The van der Waals surface area contributed by atoms with Gasteiger partial charge in [-0.15, -0.1) is 0 Å². The first-order chi connectivity index (χ1) is 9.42. The van der Waals surface area contributed by atoms with Gasteiger partial charge in [0.05, 0.1) is 22.3 Å². The Kier molecular flexibility index (Phi) is 4.14. The molecule has 0 aliphatic heterocycles. The van der Waals surface area contributed by atoms with Gasteiger partial charge in [-0.25, -0.2) is 13.4 Å². The topological polar surface area (TPSA) is 82.9 Å². The molecule has 0 spiro atoms. The summed E-state index contributed by atoms with van der Waals surface area (Å²) in [6.45, 7) is 0. The van der Waals surface area contributed by atoms with Gasteiger partial charge < -0.3 is 0 Å². The van der Waals surface area contributed by atoms with E-state index in [0.717, 1.165) is 6.20 Å². The van der Waals surface area contributed by atoms with Crippen LogP contribution < -0.4 is 4.72 Å². The zero-order chi connectivity index (χ0) is 14.8. The van der Waals surface area contributed by atoms with E-state index in [1.807, 2.05) is 6.07 Å². The number of sulfonamides is 1. The van der Waals surface area contributed by atoms with E-state index in [9.17, 15) is 8.42 Å². The highest BCUT2D eigenvalue weighted by Gasteiger charge is 2.16. The molecule has 8 heteroatoms. The lowest BCUT2D eigenvalue weighted by molar-refractivity contribution is 0.601. The third kappa shape index (κ3) is 3.20. The number of nitrogens with zero attached hydrogens (tertiary/aromatic N) is 2. The molecule has 1 aromatic carbocycles. The molecule has 1 N–H and O–H groups in total. The summed E-state index contributed by atoms with van der Waals surface area (Å²) in [6.07, 6.45) is 1.10. The summed E-state index contributed by atoms with van der Waals surface area (Å²) in [4.78, 5) is 3.57. The van der Waals surface area contributed by atoms with Crippen LogP contribution in [0.2, 0.25) is 10.2 Å². The number of aromatic nitrogens is 1. The van der Waals surface area contributed by atoms with E-state index in [1.165, 1.54) is 18.2 Å². The average Bonchev–Trinajstić information content (AvgIpc) is 2.41. The van der Waals surface area contributed by atoms with Gasteiger partial charge in [-0.05, 0) is 24.3 Å². The van der Waals surface area contributed by atoms with Gasteiger partial charge >= 0.3 is 0 Å². The second-order valence-corrected chi connectivity index (χ2v) is 6.19. The van der Waals surface area contributed by atoms with Crippen LogP contribution in [-0.2, 0) is 10.0 Å². The summed E-state index contributed by atoms with van der Waals surface area (Å²) < 4.78 is 26.6. The van der Waals surface area contributed by atoms with E-state index >= 15 is 0 Å². The quantitative estimate of drug-likeness (QED) is 0.878. The number of hydrogen-bond donors (Lipinski definition) is 1. The van der Waals surface area contributed by atoms with E-state index in [4.69, 9.17) is 28.5 Å². The predicted molar refractivity (Wildman–Crippen MR) is 76.2 cm³/mol. The Hall–Kier alpha value is -1.81. The Bertz CT molecular complexity index is 801. The van der Waals surface area contributed by atoms with Crippen LogP contribution in [0.4, 0.5) is 5.69 Å². The van der Waals surface area contributed by atoms with Crippen LogP contribution >= 0.6 is 23.2 Å². The minimum Gasteiger partial charge on any atom is -0.280 e. The van der Waals surface area contributed by atoms with Crippen molar-refractivity contribution >= 4 is 38.9 Å². The minimum absolute atomic E-state index is 0.0251. The summed E-state index contributed by atoms with van der Waals surface area (Å²) >= 11 is 11.4. The van der Waals surface area contributed by atoms with Crippen molar-refractivity contribution in [1.29, 1.82) is 5.26 Å². The molecule has 0 unspecified atom stereocenters. The summed E-state index contributed by atoms with van der Waals surface area (Å²) in [7, 11) is -3.84. The maximum absolute atomic E-state index is 12.1. The fourth-order valence-corrected chi connectivity index (χ4v) is 2.77. The molecule has 102 valence electrons. The lowest BCUT2D eigenvalue weighted by Crippen LogP contribution is -2.13. The molecule has 0 radical (unpaired) electrons. The number of pyridine rings is 1. The molecule has 1 aromatic heterocycles. The summed E-state index contributed by atoms with van der Waals surface area (Å²) in [5.74, 6) is 0. The molecular formula is C12H7Cl2N3O2S. The van der Waals surface area contributed by atoms with Crippen molar-refractivity contribution in [2.45, 2.75) is 4.90 Å². The van der Waals surface area contributed by atoms with Crippen molar-refractivity contribution in [2.24, 2.45) is 0 Å². The summed E-state index contributed by atoms with van der Waals surface area (Å²) in [6, 6.07) is 9.22. The third-order valence-electron chi connectivity index (χ3n) is 2.33. The zero-order valence-corrected chi connectivity index (χ0v) is 12.2. The van der Waals surface area contributed by atoms with E-state index in [0.29, 0.717) is 5.56 Å². The molecule has 0 bridgehead atoms. The van der Waals surface area contributed by atoms with Gasteiger partial charge in [0.25, 0.3) is 10.0 Å². The lowest BCUT2D eigenvalue weighted by atomic mass is 10.2. The zero-order valence-electron chi connectivity index (χ0n) is 9.84. The molecular weight excluding hydrogens is 321 g/mol. The van der Waals surface area contributed by atoms with Crippen molar-refractivity contribution in [3.63, 3.8) is 0 Å². The Morgan fingerprint density at radius 1 is 1.25 bits per heavy atom. The molecule has 0 atom stereocenters. The molecule has 5 nitrogen and oxygen atoms in total. The number of rotatable bonds is 3. The Morgan fingerprint density at radius 3 is 2.65 bits per heavy atom.